The summed E-state index contributed by atoms with van der Waals surface area (Å²) in [6.07, 6.45) is -0.501. The lowest BCUT2D eigenvalue weighted by molar-refractivity contribution is 0.000892. The van der Waals surface area contributed by atoms with Gasteiger partial charge in [0.1, 0.15) is 28.6 Å². The van der Waals surface area contributed by atoms with Gasteiger partial charge in [-0.2, -0.15) is 4.39 Å². The van der Waals surface area contributed by atoms with Gasteiger partial charge < -0.3 is 19.3 Å². The molecule has 7 nitrogen and oxygen atoms in total. The Bertz CT molecular complexity index is 1090. The number of ether oxygens (including phenoxy) is 2. The van der Waals surface area contributed by atoms with Crippen molar-refractivity contribution in [2.75, 3.05) is 26.2 Å². The van der Waals surface area contributed by atoms with Gasteiger partial charge in [-0.15, -0.1) is 0 Å². The maximum Gasteiger partial charge on any atom is 0.410 e. The van der Waals surface area contributed by atoms with Crippen molar-refractivity contribution in [1.29, 1.82) is 0 Å². The second kappa shape index (κ2) is 8.20. The van der Waals surface area contributed by atoms with E-state index in [9.17, 15) is 14.0 Å². The third-order valence-corrected chi connectivity index (χ3v) is 5.56. The van der Waals surface area contributed by atoms with Crippen LogP contribution in [0.3, 0.4) is 0 Å². The van der Waals surface area contributed by atoms with Gasteiger partial charge in [0.05, 0.1) is 11.7 Å². The summed E-state index contributed by atoms with van der Waals surface area (Å²) in [5.74, 6) is -2.55. The quantitative estimate of drug-likeness (QED) is 0.592. The molecule has 0 N–H and O–H groups in total. The standard InChI is InChI=1S/C22H22ClF2N3O4/c1-22(2,3)32-21(30)27-8-9-28-12(10-27)11-31-18-15(20(28)29)19(25)26-17(16(18)23)13-6-4-5-7-14(13)24/h4-7,12H,8-11H2,1-3H3. The fourth-order valence-electron chi connectivity index (χ4n) is 3.75. The summed E-state index contributed by atoms with van der Waals surface area (Å²) in [6, 6.07) is 5.13. The summed E-state index contributed by atoms with van der Waals surface area (Å²) in [5, 5.41) is -0.149. The van der Waals surface area contributed by atoms with E-state index in [0.717, 1.165) is 0 Å². The average molecular weight is 466 g/mol. The minimum atomic E-state index is -1.09. The van der Waals surface area contributed by atoms with Crippen molar-refractivity contribution in [2.45, 2.75) is 32.4 Å². The van der Waals surface area contributed by atoms with E-state index in [4.69, 9.17) is 21.1 Å². The molecule has 1 fully saturated rings. The number of benzene rings is 1. The molecule has 1 aromatic heterocycles. The van der Waals surface area contributed by atoms with Crippen LogP contribution >= 0.6 is 11.6 Å². The first kappa shape index (κ1) is 22.3. The SMILES string of the molecule is CC(C)(C)OC(=O)N1CCN2C(=O)c3c(F)nc(-c4ccccc4F)c(Cl)c3OCC2C1. The number of amides is 2. The van der Waals surface area contributed by atoms with Gasteiger partial charge in [0.2, 0.25) is 5.95 Å². The van der Waals surface area contributed by atoms with E-state index in [2.05, 4.69) is 4.98 Å². The van der Waals surface area contributed by atoms with Gasteiger partial charge in [-0.3, -0.25) is 4.79 Å². The number of carbonyl (C=O) groups excluding carboxylic acids is 2. The van der Waals surface area contributed by atoms with Gasteiger partial charge in [-0.1, -0.05) is 23.7 Å². The largest absolute Gasteiger partial charge is 0.489 e. The van der Waals surface area contributed by atoms with Crippen LogP contribution in [0.15, 0.2) is 24.3 Å². The Morgan fingerprint density at radius 1 is 1.25 bits per heavy atom. The van der Waals surface area contributed by atoms with E-state index in [1.165, 1.54) is 28.0 Å². The predicted molar refractivity (Wildman–Crippen MR) is 113 cm³/mol. The van der Waals surface area contributed by atoms with Gasteiger partial charge in [-0.25, -0.2) is 14.2 Å². The monoisotopic (exact) mass is 465 g/mol. The lowest BCUT2D eigenvalue weighted by Crippen LogP contribution is -2.58. The highest BCUT2D eigenvalue weighted by Crippen LogP contribution is 2.40. The van der Waals surface area contributed by atoms with E-state index in [0.29, 0.717) is 0 Å². The highest BCUT2D eigenvalue weighted by atomic mass is 35.5. The molecule has 0 spiro atoms. The molecule has 170 valence electrons. The Morgan fingerprint density at radius 2 is 1.97 bits per heavy atom. The molecule has 3 heterocycles. The van der Waals surface area contributed by atoms with Crippen molar-refractivity contribution in [3.8, 4) is 17.0 Å². The van der Waals surface area contributed by atoms with Crippen LogP contribution in [0.1, 0.15) is 31.1 Å². The van der Waals surface area contributed by atoms with Crippen LogP contribution in [0.25, 0.3) is 11.3 Å². The second-order valence-corrected chi connectivity index (χ2v) is 9.02. The average Bonchev–Trinajstić information content (AvgIpc) is 2.87. The molecule has 2 aliphatic heterocycles. The van der Waals surface area contributed by atoms with Crippen LogP contribution in [0.2, 0.25) is 5.02 Å². The summed E-state index contributed by atoms with van der Waals surface area (Å²) in [7, 11) is 0. The van der Waals surface area contributed by atoms with E-state index in [-0.39, 0.29) is 48.3 Å². The van der Waals surface area contributed by atoms with Crippen LogP contribution in [-0.4, -0.2) is 64.7 Å². The second-order valence-electron chi connectivity index (χ2n) is 8.64. The Balaban J connectivity index is 1.65. The topological polar surface area (TPSA) is 72.0 Å². The number of hydrogen-bond acceptors (Lipinski definition) is 5. The zero-order valence-electron chi connectivity index (χ0n) is 17.8. The van der Waals surface area contributed by atoms with Crippen LogP contribution in [0.4, 0.5) is 13.6 Å². The van der Waals surface area contributed by atoms with E-state index >= 15 is 4.39 Å². The molecule has 2 amide bonds. The third-order valence-electron chi connectivity index (χ3n) is 5.21. The molecule has 1 atom stereocenters. The van der Waals surface area contributed by atoms with Crippen molar-refractivity contribution < 1.29 is 27.8 Å². The van der Waals surface area contributed by atoms with Crippen LogP contribution in [0.5, 0.6) is 5.75 Å². The molecule has 10 heteroatoms. The zero-order valence-corrected chi connectivity index (χ0v) is 18.6. The lowest BCUT2D eigenvalue weighted by atomic mass is 10.1. The summed E-state index contributed by atoms with van der Waals surface area (Å²) in [4.78, 5) is 32.3. The molecule has 2 aliphatic rings. The van der Waals surface area contributed by atoms with Crippen LogP contribution in [0, 0.1) is 11.8 Å². The van der Waals surface area contributed by atoms with Crippen LogP contribution in [-0.2, 0) is 4.74 Å². The molecule has 0 bridgehead atoms. The number of piperazine rings is 1. The molecule has 4 rings (SSSR count). The van der Waals surface area contributed by atoms with Crippen molar-refractivity contribution in [3.05, 3.63) is 46.6 Å². The number of carbonyl (C=O) groups is 2. The van der Waals surface area contributed by atoms with E-state index in [1.54, 1.807) is 26.8 Å². The maximum absolute atomic E-state index is 15.0. The number of fused-ring (bicyclic) bond motifs is 2. The zero-order chi connectivity index (χ0) is 23.2. The summed E-state index contributed by atoms with van der Waals surface area (Å²) < 4.78 is 40.4. The van der Waals surface area contributed by atoms with Crippen molar-refractivity contribution in [1.82, 2.24) is 14.8 Å². The molecular formula is C22H22ClF2N3O4. The highest BCUT2D eigenvalue weighted by molar-refractivity contribution is 6.35. The minimum Gasteiger partial charge on any atom is -0.489 e. The maximum atomic E-state index is 15.0. The molecule has 1 aromatic carbocycles. The first-order valence-corrected chi connectivity index (χ1v) is 10.5. The van der Waals surface area contributed by atoms with Gasteiger partial charge in [0.25, 0.3) is 5.91 Å². The fourth-order valence-corrected chi connectivity index (χ4v) is 4.04. The van der Waals surface area contributed by atoms with Crippen LogP contribution < -0.4 is 4.74 Å². The van der Waals surface area contributed by atoms with Gasteiger partial charge >= 0.3 is 6.09 Å². The number of aromatic nitrogens is 1. The highest BCUT2D eigenvalue weighted by Gasteiger charge is 2.40. The molecule has 0 aliphatic carbocycles. The smallest absolute Gasteiger partial charge is 0.410 e. The summed E-state index contributed by atoms with van der Waals surface area (Å²) in [5.41, 5.74) is -1.22. The first-order valence-electron chi connectivity index (χ1n) is 10.1. The number of rotatable bonds is 1. The van der Waals surface area contributed by atoms with E-state index < -0.39 is 41.0 Å². The molecular weight excluding hydrogens is 444 g/mol. The van der Waals surface area contributed by atoms with E-state index in [1.807, 2.05) is 0 Å². The fraction of sp³-hybridized carbons (Fsp3) is 0.409. The first-order chi connectivity index (χ1) is 15.1. The minimum absolute atomic E-state index is 0.00619. The van der Waals surface area contributed by atoms with Crippen molar-refractivity contribution in [2.24, 2.45) is 0 Å². The van der Waals surface area contributed by atoms with Gasteiger partial charge in [0.15, 0.2) is 5.75 Å². The Hall–Kier alpha value is -2.94. The Labute approximate surface area is 188 Å². The molecule has 32 heavy (non-hydrogen) atoms. The lowest BCUT2D eigenvalue weighted by Gasteiger charge is -2.40. The van der Waals surface area contributed by atoms with Gasteiger partial charge in [0, 0.05) is 25.2 Å². The molecule has 2 aromatic rings. The van der Waals surface area contributed by atoms with Gasteiger partial charge in [-0.05, 0) is 32.9 Å². The summed E-state index contributed by atoms with van der Waals surface area (Å²) >= 11 is 6.42. The van der Waals surface area contributed by atoms with Crippen molar-refractivity contribution >= 4 is 23.6 Å². The molecule has 0 radical (unpaired) electrons. The summed E-state index contributed by atoms with van der Waals surface area (Å²) in [6.45, 7) is 5.81. The molecule has 0 saturated carbocycles. The molecule has 1 unspecified atom stereocenters. The Morgan fingerprint density at radius 3 is 2.66 bits per heavy atom. The molecule has 1 saturated heterocycles. The normalized spacial score (nSPS) is 18.4. The number of nitrogens with zero attached hydrogens (tertiary/aromatic N) is 3. The predicted octanol–water partition coefficient (Wildman–Crippen LogP) is 4.13. The van der Waals surface area contributed by atoms with Crippen molar-refractivity contribution in [3.63, 3.8) is 0 Å². The Kier molecular flexibility index (Phi) is 5.70. The number of pyridine rings is 1. The number of hydrogen-bond donors (Lipinski definition) is 0. The third kappa shape index (κ3) is 4.09. The number of halogens is 3.